The number of allylic oxidation sites excluding steroid dienone is 2. The van der Waals surface area contributed by atoms with Gasteiger partial charge in [-0.1, -0.05) is 37.3 Å². The highest BCUT2D eigenvalue weighted by Gasteiger charge is 2.54. The molecule has 2 aliphatic rings. The Morgan fingerprint density at radius 1 is 1.23 bits per heavy atom. The van der Waals surface area contributed by atoms with Crippen molar-refractivity contribution in [3.05, 3.63) is 58.3 Å². The Hall–Kier alpha value is -3.76. The summed E-state index contributed by atoms with van der Waals surface area (Å²) >= 11 is 0. The molecule has 0 fully saturated rings. The number of fused-ring (bicyclic) bond motifs is 1. The molecule has 0 saturated carbocycles. The number of ether oxygens (including phenoxy) is 1. The summed E-state index contributed by atoms with van der Waals surface area (Å²) in [5.74, 6) is -1.06. The number of hydrogen-bond acceptors (Lipinski definition) is 6. The third-order valence-corrected chi connectivity index (χ3v) is 5.94. The lowest BCUT2D eigenvalue weighted by atomic mass is 9.58. The average Bonchev–Trinajstić information content (AvgIpc) is 2.78. The monoisotopic (exact) mass is 401 g/mol. The molecular formula is C23H23N5O2. The van der Waals surface area contributed by atoms with Crippen molar-refractivity contribution in [2.45, 2.75) is 26.2 Å². The molecule has 1 aromatic rings. The first-order valence-electron chi connectivity index (χ1n) is 9.91. The third kappa shape index (κ3) is 3.17. The van der Waals surface area contributed by atoms with Crippen molar-refractivity contribution < 1.29 is 9.53 Å². The first-order chi connectivity index (χ1) is 14.5. The van der Waals surface area contributed by atoms with Crippen molar-refractivity contribution in [2.75, 3.05) is 19.7 Å². The summed E-state index contributed by atoms with van der Waals surface area (Å²) in [6, 6.07) is 14.0. The maximum absolute atomic E-state index is 12.4. The topological polar surface area (TPSA) is 127 Å². The van der Waals surface area contributed by atoms with Gasteiger partial charge in [0.2, 0.25) is 0 Å². The Balaban J connectivity index is 2.21. The number of amides is 1. The van der Waals surface area contributed by atoms with Crippen LogP contribution in [0.4, 0.5) is 4.79 Å². The van der Waals surface area contributed by atoms with Gasteiger partial charge in [-0.25, -0.2) is 4.79 Å². The number of carbonyl (C=O) groups excluding carboxylic acids is 1. The predicted octanol–water partition coefficient (Wildman–Crippen LogP) is 3.13. The summed E-state index contributed by atoms with van der Waals surface area (Å²) in [7, 11) is 0. The van der Waals surface area contributed by atoms with Crippen LogP contribution >= 0.6 is 0 Å². The number of nitriles is 3. The molecule has 1 aliphatic carbocycles. The number of nitrogens with two attached hydrogens (primary N) is 1. The van der Waals surface area contributed by atoms with E-state index in [9.17, 15) is 20.6 Å². The van der Waals surface area contributed by atoms with Gasteiger partial charge in [0.25, 0.3) is 0 Å². The van der Waals surface area contributed by atoms with Gasteiger partial charge in [-0.15, -0.1) is 0 Å². The molecule has 0 radical (unpaired) electrons. The molecule has 30 heavy (non-hydrogen) atoms. The van der Waals surface area contributed by atoms with Gasteiger partial charge in [0.15, 0.2) is 5.41 Å². The number of nitrogens with zero attached hydrogens (tertiary/aromatic N) is 4. The fraction of sp³-hybridized carbons (Fsp3) is 0.391. The molecular weight excluding hydrogens is 378 g/mol. The smallest absolute Gasteiger partial charge is 0.410 e. The molecule has 2 atom stereocenters. The van der Waals surface area contributed by atoms with Crippen LogP contribution in [-0.2, 0) is 11.2 Å². The van der Waals surface area contributed by atoms with Gasteiger partial charge < -0.3 is 15.4 Å². The minimum absolute atomic E-state index is 0.0216. The highest BCUT2D eigenvalue weighted by molar-refractivity contribution is 5.69. The van der Waals surface area contributed by atoms with E-state index in [1.165, 1.54) is 4.90 Å². The van der Waals surface area contributed by atoms with Crippen LogP contribution in [-0.4, -0.2) is 30.7 Å². The summed E-state index contributed by atoms with van der Waals surface area (Å²) in [5, 5.41) is 29.9. The largest absolute Gasteiger partial charge is 0.450 e. The second kappa shape index (κ2) is 8.31. The highest BCUT2D eigenvalue weighted by atomic mass is 16.6. The van der Waals surface area contributed by atoms with Crippen LogP contribution in [0.25, 0.3) is 0 Å². The Bertz CT molecular complexity index is 1020. The summed E-state index contributed by atoms with van der Waals surface area (Å²) in [6.45, 7) is 4.53. The van der Waals surface area contributed by atoms with E-state index in [0.717, 1.165) is 17.5 Å². The lowest BCUT2D eigenvalue weighted by Gasteiger charge is -2.45. The molecule has 7 heteroatoms. The first-order valence-corrected chi connectivity index (χ1v) is 9.91. The van der Waals surface area contributed by atoms with Gasteiger partial charge >= 0.3 is 6.09 Å². The summed E-state index contributed by atoms with van der Waals surface area (Å²) in [4.78, 5) is 13.9. The molecule has 1 aromatic carbocycles. The lowest BCUT2D eigenvalue weighted by molar-refractivity contribution is 0.0999. The molecule has 2 N–H and O–H groups in total. The molecule has 0 saturated heterocycles. The Kier molecular flexibility index (Phi) is 5.81. The van der Waals surface area contributed by atoms with Crippen LogP contribution in [0.5, 0.6) is 0 Å². The maximum atomic E-state index is 12.4. The number of rotatable bonds is 3. The Morgan fingerprint density at radius 3 is 2.43 bits per heavy atom. The van der Waals surface area contributed by atoms with E-state index in [-0.39, 0.29) is 31.0 Å². The van der Waals surface area contributed by atoms with Crippen molar-refractivity contribution in [2.24, 2.45) is 17.1 Å². The minimum Gasteiger partial charge on any atom is -0.450 e. The maximum Gasteiger partial charge on any atom is 0.410 e. The van der Waals surface area contributed by atoms with E-state index in [4.69, 9.17) is 10.5 Å². The van der Waals surface area contributed by atoms with Crippen LogP contribution in [0.15, 0.2) is 47.2 Å². The van der Waals surface area contributed by atoms with Crippen molar-refractivity contribution in [3.8, 4) is 18.2 Å². The number of benzene rings is 1. The van der Waals surface area contributed by atoms with Crippen molar-refractivity contribution in [1.29, 1.82) is 15.8 Å². The highest BCUT2D eigenvalue weighted by Crippen LogP contribution is 2.54. The van der Waals surface area contributed by atoms with Gasteiger partial charge in [0, 0.05) is 24.9 Å². The van der Waals surface area contributed by atoms with Gasteiger partial charge in [-0.2, -0.15) is 15.8 Å². The van der Waals surface area contributed by atoms with E-state index < -0.39 is 23.3 Å². The minimum atomic E-state index is -1.71. The third-order valence-electron chi connectivity index (χ3n) is 5.94. The number of hydrogen-bond donors (Lipinski definition) is 1. The molecule has 0 bridgehead atoms. The van der Waals surface area contributed by atoms with E-state index in [1.54, 1.807) is 13.0 Å². The molecule has 1 heterocycles. The molecule has 3 rings (SSSR count). The van der Waals surface area contributed by atoms with Gasteiger partial charge in [0.05, 0.1) is 30.0 Å². The zero-order chi connectivity index (χ0) is 21.9. The quantitative estimate of drug-likeness (QED) is 0.829. The average molecular weight is 401 g/mol. The second-order valence-corrected chi connectivity index (χ2v) is 7.37. The van der Waals surface area contributed by atoms with Crippen molar-refractivity contribution >= 4 is 6.09 Å². The standard InChI is InChI=1S/C23H23N5O2/c1-3-15-5-7-16(8-6-15)20-19-12-28(22(29)30-4-2)10-9-17(19)18(11-24)21(27)23(20,13-25)14-26/h5-9,19-20H,3-4,10,12,27H2,1-2H3/t19-,20+/m1/s1. The molecule has 152 valence electrons. The Labute approximate surface area is 176 Å². The van der Waals surface area contributed by atoms with Crippen LogP contribution in [0.3, 0.4) is 0 Å². The van der Waals surface area contributed by atoms with Crippen LogP contribution < -0.4 is 5.73 Å². The van der Waals surface area contributed by atoms with E-state index >= 15 is 0 Å². The molecule has 1 amide bonds. The van der Waals surface area contributed by atoms with E-state index in [1.807, 2.05) is 31.2 Å². The normalized spacial score (nSPS) is 22.1. The summed E-state index contributed by atoms with van der Waals surface area (Å²) in [5.41, 5.74) is 7.30. The van der Waals surface area contributed by atoms with Crippen LogP contribution in [0.1, 0.15) is 30.9 Å². The Morgan fingerprint density at radius 2 is 1.90 bits per heavy atom. The van der Waals surface area contributed by atoms with Gasteiger partial charge in [0.1, 0.15) is 6.07 Å². The van der Waals surface area contributed by atoms with E-state index in [2.05, 4.69) is 18.2 Å². The molecule has 0 aromatic heterocycles. The predicted molar refractivity (Wildman–Crippen MR) is 109 cm³/mol. The van der Waals surface area contributed by atoms with Crippen LogP contribution in [0, 0.1) is 45.3 Å². The molecule has 0 unspecified atom stereocenters. The molecule has 0 spiro atoms. The van der Waals surface area contributed by atoms with Crippen molar-refractivity contribution in [1.82, 2.24) is 4.90 Å². The van der Waals surface area contributed by atoms with Crippen LogP contribution in [0.2, 0.25) is 0 Å². The lowest BCUT2D eigenvalue weighted by Crippen LogP contribution is -2.49. The van der Waals surface area contributed by atoms with Gasteiger partial charge in [-0.05, 0) is 30.0 Å². The number of aryl methyl sites for hydroxylation is 1. The zero-order valence-electron chi connectivity index (χ0n) is 17.1. The van der Waals surface area contributed by atoms with Gasteiger partial charge in [-0.3, -0.25) is 0 Å². The fourth-order valence-electron chi connectivity index (χ4n) is 4.38. The summed E-state index contributed by atoms with van der Waals surface area (Å²) in [6.07, 6.45) is 2.18. The number of carbonyl (C=O) groups is 1. The van der Waals surface area contributed by atoms with E-state index in [0.29, 0.717) is 5.57 Å². The molecule has 1 aliphatic heterocycles. The SMILES string of the molecule is CCOC(=O)N1CC=C2C(C#N)=C(N)C(C#N)(C#N)[C@@H](c3ccc(CC)cc3)[C@@H]2C1. The van der Waals surface area contributed by atoms with Crippen molar-refractivity contribution in [3.63, 3.8) is 0 Å². The molecule has 7 nitrogen and oxygen atoms in total. The fourth-order valence-corrected chi connectivity index (χ4v) is 4.38. The summed E-state index contributed by atoms with van der Waals surface area (Å²) < 4.78 is 5.14. The zero-order valence-corrected chi connectivity index (χ0v) is 17.1. The first kappa shape index (κ1) is 21.0. The second-order valence-electron chi connectivity index (χ2n) is 7.37.